The SMILES string of the molecule is CC(C)C(C)(NC(=O)c1sccc1Br)C(=O)O. The Balaban J connectivity index is 2.94. The number of amides is 1. The molecule has 17 heavy (non-hydrogen) atoms. The first-order valence-electron chi connectivity index (χ1n) is 5.08. The average molecular weight is 320 g/mol. The molecule has 0 aliphatic rings. The van der Waals surface area contributed by atoms with E-state index in [0.29, 0.717) is 9.35 Å². The summed E-state index contributed by atoms with van der Waals surface area (Å²) >= 11 is 4.52. The highest BCUT2D eigenvalue weighted by molar-refractivity contribution is 9.10. The number of carboxylic acids is 1. The molecule has 0 saturated carbocycles. The van der Waals surface area contributed by atoms with Crippen LogP contribution in [0.2, 0.25) is 0 Å². The molecule has 0 fully saturated rings. The molecule has 0 radical (unpaired) electrons. The summed E-state index contributed by atoms with van der Waals surface area (Å²) in [5.41, 5.74) is -1.26. The molecular formula is C11H14BrNO3S. The van der Waals surface area contributed by atoms with Crippen molar-refractivity contribution in [3.8, 4) is 0 Å². The fraction of sp³-hybridized carbons (Fsp3) is 0.455. The van der Waals surface area contributed by atoms with Crippen LogP contribution in [0.25, 0.3) is 0 Å². The molecule has 1 amide bonds. The number of hydrogen-bond donors (Lipinski definition) is 2. The largest absolute Gasteiger partial charge is 0.480 e. The summed E-state index contributed by atoms with van der Waals surface area (Å²) in [7, 11) is 0. The molecule has 0 aliphatic carbocycles. The molecule has 0 spiro atoms. The van der Waals surface area contributed by atoms with Crippen molar-refractivity contribution < 1.29 is 14.7 Å². The van der Waals surface area contributed by atoms with Crippen LogP contribution in [0.3, 0.4) is 0 Å². The summed E-state index contributed by atoms with van der Waals surface area (Å²) in [6, 6.07) is 1.76. The van der Waals surface area contributed by atoms with Crippen LogP contribution in [0.1, 0.15) is 30.4 Å². The van der Waals surface area contributed by atoms with E-state index in [1.54, 1.807) is 25.3 Å². The number of carboxylic acid groups (broad SMARTS) is 1. The van der Waals surface area contributed by atoms with E-state index in [2.05, 4.69) is 21.2 Å². The first kappa shape index (κ1) is 14.2. The Morgan fingerprint density at radius 3 is 2.47 bits per heavy atom. The summed E-state index contributed by atoms with van der Waals surface area (Å²) in [6.07, 6.45) is 0. The summed E-state index contributed by atoms with van der Waals surface area (Å²) in [6.45, 7) is 5.04. The van der Waals surface area contributed by atoms with Gasteiger partial charge < -0.3 is 10.4 Å². The van der Waals surface area contributed by atoms with E-state index >= 15 is 0 Å². The maximum Gasteiger partial charge on any atom is 0.329 e. The van der Waals surface area contributed by atoms with Crippen LogP contribution in [0, 0.1) is 5.92 Å². The van der Waals surface area contributed by atoms with E-state index in [-0.39, 0.29) is 11.8 Å². The molecule has 1 atom stereocenters. The molecule has 1 aromatic rings. The first-order valence-corrected chi connectivity index (χ1v) is 6.75. The second kappa shape index (κ2) is 5.18. The van der Waals surface area contributed by atoms with Crippen molar-refractivity contribution in [1.29, 1.82) is 0 Å². The van der Waals surface area contributed by atoms with Crippen molar-refractivity contribution in [3.63, 3.8) is 0 Å². The predicted molar refractivity (Wildman–Crippen MR) is 70.4 cm³/mol. The molecule has 1 rings (SSSR count). The van der Waals surface area contributed by atoms with Crippen LogP contribution in [-0.4, -0.2) is 22.5 Å². The number of thiophene rings is 1. The highest BCUT2D eigenvalue weighted by atomic mass is 79.9. The van der Waals surface area contributed by atoms with Crippen molar-refractivity contribution in [3.05, 3.63) is 20.8 Å². The van der Waals surface area contributed by atoms with E-state index < -0.39 is 11.5 Å². The van der Waals surface area contributed by atoms with Crippen LogP contribution in [-0.2, 0) is 4.79 Å². The molecule has 2 N–H and O–H groups in total. The monoisotopic (exact) mass is 319 g/mol. The van der Waals surface area contributed by atoms with Gasteiger partial charge in [-0.05, 0) is 40.2 Å². The highest BCUT2D eigenvalue weighted by Crippen LogP contribution is 2.24. The maximum atomic E-state index is 12.0. The second-order valence-electron chi connectivity index (χ2n) is 4.21. The molecule has 1 unspecified atom stereocenters. The fourth-order valence-electron chi connectivity index (χ4n) is 1.19. The van der Waals surface area contributed by atoms with Crippen molar-refractivity contribution >= 4 is 39.1 Å². The van der Waals surface area contributed by atoms with Crippen molar-refractivity contribution in [1.82, 2.24) is 5.32 Å². The molecule has 94 valence electrons. The Morgan fingerprint density at radius 1 is 1.53 bits per heavy atom. The van der Waals surface area contributed by atoms with Crippen LogP contribution in [0.5, 0.6) is 0 Å². The summed E-state index contributed by atoms with van der Waals surface area (Å²) in [5.74, 6) is -1.61. The van der Waals surface area contributed by atoms with Crippen LogP contribution in [0.15, 0.2) is 15.9 Å². The Kier molecular flexibility index (Phi) is 4.32. The van der Waals surface area contributed by atoms with Gasteiger partial charge in [0, 0.05) is 4.47 Å². The minimum Gasteiger partial charge on any atom is -0.480 e. The van der Waals surface area contributed by atoms with Crippen LogP contribution >= 0.6 is 27.3 Å². The topological polar surface area (TPSA) is 66.4 Å². The molecule has 0 bridgehead atoms. The lowest BCUT2D eigenvalue weighted by Gasteiger charge is -2.30. The third-order valence-electron chi connectivity index (χ3n) is 2.80. The molecule has 1 aromatic heterocycles. The standard InChI is InChI=1S/C11H14BrNO3S/c1-6(2)11(3,10(15)16)13-9(14)8-7(12)4-5-17-8/h4-6H,1-3H3,(H,13,14)(H,15,16). The van der Waals surface area contributed by atoms with Gasteiger partial charge in [0.15, 0.2) is 0 Å². The number of hydrogen-bond acceptors (Lipinski definition) is 3. The predicted octanol–water partition coefficient (Wildman–Crippen LogP) is 2.74. The number of carbonyl (C=O) groups excluding carboxylic acids is 1. The lowest BCUT2D eigenvalue weighted by Crippen LogP contribution is -2.55. The number of aliphatic carboxylic acids is 1. The van der Waals surface area contributed by atoms with Gasteiger partial charge in [-0.2, -0.15) is 0 Å². The average Bonchev–Trinajstić information content (AvgIpc) is 2.63. The van der Waals surface area contributed by atoms with Gasteiger partial charge in [0.25, 0.3) is 5.91 Å². The van der Waals surface area contributed by atoms with Gasteiger partial charge >= 0.3 is 5.97 Å². The van der Waals surface area contributed by atoms with E-state index in [9.17, 15) is 14.7 Å². The molecular weight excluding hydrogens is 306 g/mol. The van der Waals surface area contributed by atoms with Gasteiger partial charge in [-0.15, -0.1) is 11.3 Å². The highest BCUT2D eigenvalue weighted by Gasteiger charge is 2.38. The van der Waals surface area contributed by atoms with Crippen LogP contribution in [0.4, 0.5) is 0 Å². The minimum absolute atomic E-state index is 0.206. The smallest absolute Gasteiger partial charge is 0.329 e. The first-order chi connectivity index (χ1) is 7.79. The molecule has 4 nitrogen and oxygen atoms in total. The number of nitrogens with one attached hydrogen (secondary N) is 1. The molecule has 0 aliphatic heterocycles. The van der Waals surface area contributed by atoms with Gasteiger partial charge in [-0.1, -0.05) is 13.8 Å². The Bertz CT molecular complexity index is 444. The molecule has 1 heterocycles. The van der Waals surface area contributed by atoms with Gasteiger partial charge in [-0.25, -0.2) is 4.79 Å². The third kappa shape index (κ3) is 2.87. The van der Waals surface area contributed by atoms with E-state index in [4.69, 9.17) is 0 Å². The normalized spacial score (nSPS) is 14.4. The van der Waals surface area contributed by atoms with E-state index in [1.165, 1.54) is 18.3 Å². The van der Waals surface area contributed by atoms with Crippen LogP contribution < -0.4 is 5.32 Å². The van der Waals surface area contributed by atoms with Gasteiger partial charge in [0.2, 0.25) is 0 Å². The van der Waals surface area contributed by atoms with Crippen molar-refractivity contribution in [2.45, 2.75) is 26.3 Å². The minimum atomic E-state index is -1.26. The zero-order chi connectivity index (χ0) is 13.2. The van der Waals surface area contributed by atoms with E-state index in [1.807, 2.05) is 0 Å². The molecule has 0 saturated heterocycles. The van der Waals surface area contributed by atoms with Crippen molar-refractivity contribution in [2.24, 2.45) is 5.92 Å². The van der Waals surface area contributed by atoms with Crippen molar-refractivity contribution in [2.75, 3.05) is 0 Å². The lowest BCUT2D eigenvalue weighted by atomic mass is 9.88. The Hall–Kier alpha value is -0.880. The molecule has 6 heteroatoms. The number of halogens is 1. The Morgan fingerprint density at radius 2 is 2.12 bits per heavy atom. The number of rotatable bonds is 4. The van der Waals surface area contributed by atoms with Gasteiger partial charge in [-0.3, -0.25) is 4.79 Å². The summed E-state index contributed by atoms with van der Waals surface area (Å²) < 4.78 is 0.677. The molecule has 0 aromatic carbocycles. The van der Waals surface area contributed by atoms with E-state index in [0.717, 1.165) is 0 Å². The maximum absolute atomic E-state index is 12.0. The van der Waals surface area contributed by atoms with Gasteiger partial charge in [0.1, 0.15) is 10.4 Å². The Labute approximate surface area is 112 Å². The lowest BCUT2D eigenvalue weighted by molar-refractivity contribution is -0.145. The third-order valence-corrected chi connectivity index (χ3v) is 4.63. The fourth-order valence-corrected chi connectivity index (χ4v) is 2.64. The summed E-state index contributed by atoms with van der Waals surface area (Å²) in [5, 5.41) is 13.5. The summed E-state index contributed by atoms with van der Waals surface area (Å²) in [4.78, 5) is 23.7. The zero-order valence-corrected chi connectivity index (χ0v) is 12.2. The second-order valence-corrected chi connectivity index (χ2v) is 5.98. The van der Waals surface area contributed by atoms with Gasteiger partial charge in [0.05, 0.1) is 0 Å². The quantitative estimate of drug-likeness (QED) is 0.896. The number of carbonyl (C=O) groups is 2. The zero-order valence-electron chi connectivity index (χ0n) is 9.78.